The van der Waals surface area contributed by atoms with E-state index in [0.29, 0.717) is 24.9 Å². The van der Waals surface area contributed by atoms with Crippen LogP contribution in [-0.4, -0.2) is 49.8 Å². The van der Waals surface area contributed by atoms with E-state index in [4.69, 9.17) is 10.5 Å². The monoisotopic (exact) mass is 463 g/mol. The van der Waals surface area contributed by atoms with Crippen LogP contribution < -0.4 is 15.8 Å². The first-order valence-electron chi connectivity index (χ1n) is 11.6. The standard InChI is InChI=1S/C23H33N3O5S/c1-14(19-12-16-5-6-17(19)11-16)25-23(28)15(2)31-21-8-7-18(13-20(21)22(24)27)32(29,30)26-9-3-4-10-26/h7-8,13-17,19H,3-6,9-12H2,1-2H3,(H2,24,27)(H,25,28)/t14-,15+,16-,17-,19+/m1/s1. The number of ether oxygens (including phenoxy) is 1. The van der Waals surface area contributed by atoms with Gasteiger partial charge in [-0.05, 0) is 81.9 Å². The van der Waals surface area contributed by atoms with Crippen molar-refractivity contribution < 1.29 is 22.7 Å². The third-order valence-electron chi connectivity index (χ3n) is 7.40. The molecule has 3 aliphatic rings. The number of hydrogen-bond acceptors (Lipinski definition) is 5. The van der Waals surface area contributed by atoms with Gasteiger partial charge in [0.2, 0.25) is 10.0 Å². The van der Waals surface area contributed by atoms with Gasteiger partial charge in [0.1, 0.15) is 5.75 Å². The molecule has 9 heteroatoms. The number of carbonyl (C=O) groups excluding carboxylic acids is 2. The molecule has 0 aromatic heterocycles. The van der Waals surface area contributed by atoms with E-state index in [9.17, 15) is 18.0 Å². The van der Waals surface area contributed by atoms with Gasteiger partial charge in [0, 0.05) is 19.1 Å². The second-order valence-corrected chi connectivity index (χ2v) is 11.5. The average molecular weight is 464 g/mol. The van der Waals surface area contributed by atoms with Gasteiger partial charge in [0.05, 0.1) is 10.5 Å². The first-order chi connectivity index (χ1) is 15.2. The number of nitrogens with one attached hydrogen (secondary N) is 1. The number of sulfonamides is 1. The number of hydrogen-bond donors (Lipinski definition) is 2. The van der Waals surface area contributed by atoms with Crippen LogP contribution in [0.2, 0.25) is 0 Å². The number of benzene rings is 1. The Morgan fingerprint density at radius 3 is 2.47 bits per heavy atom. The van der Waals surface area contributed by atoms with E-state index in [0.717, 1.165) is 18.8 Å². The highest BCUT2D eigenvalue weighted by Gasteiger charge is 2.42. The Balaban J connectivity index is 1.44. The van der Waals surface area contributed by atoms with Gasteiger partial charge in [0.15, 0.2) is 6.10 Å². The molecule has 1 heterocycles. The molecular weight excluding hydrogens is 430 g/mol. The maximum absolute atomic E-state index is 12.8. The molecule has 3 N–H and O–H groups in total. The molecule has 1 aliphatic heterocycles. The minimum Gasteiger partial charge on any atom is -0.480 e. The highest BCUT2D eigenvalue weighted by Crippen LogP contribution is 2.49. The van der Waals surface area contributed by atoms with Gasteiger partial charge >= 0.3 is 0 Å². The van der Waals surface area contributed by atoms with Crippen LogP contribution >= 0.6 is 0 Å². The second-order valence-electron chi connectivity index (χ2n) is 9.53. The van der Waals surface area contributed by atoms with Gasteiger partial charge in [-0.2, -0.15) is 4.31 Å². The number of amides is 2. The van der Waals surface area contributed by atoms with Crippen LogP contribution in [0.15, 0.2) is 23.1 Å². The van der Waals surface area contributed by atoms with Crippen LogP contribution in [0.25, 0.3) is 0 Å². The van der Waals surface area contributed by atoms with Crippen LogP contribution in [0.4, 0.5) is 0 Å². The maximum Gasteiger partial charge on any atom is 0.260 e. The topological polar surface area (TPSA) is 119 Å². The van der Waals surface area contributed by atoms with Crippen molar-refractivity contribution in [3.8, 4) is 5.75 Å². The van der Waals surface area contributed by atoms with E-state index in [-0.39, 0.29) is 28.2 Å². The second kappa shape index (κ2) is 9.02. The Morgan fingerprint density at radius 1 is 1.16 bits per heavy atom. The molecule has 1 aromatic carbocycles. The molecule has 4 rings (SSSR count). The summed E-state index contributed by atoms with van der Waals surface area (Å²) in [5.74, 6) is 1.03. The lowest BCUT2D eigenvalue weighted by molar-refractivity contribution is -0.128. The fourth-order valence-corrected chi connectivity index (χ4v) is 7.19. The maximum atomic E-state index is 12.8. The largest absolute Gasteiger partial charge is 0.480 e. The third-order valence-corrected chi connectivity index (χ3v) is 9.29. The predicted molar refractivity (Wildman–Crippen MR) is 120 cm³/mol. The van der Waals surface area contributed by atoms with Crippen molar-refractivity contribution >= 4 is 21.8 Å². The number of rotatable bonds is 8. The minimum atomic E-state index is -3.70. The summed E-state index contributed by atoms with van der Waals surface area (Å²) in [4.78, 5) is 24.8. The van der Waals surface area contributed by atoms with Crippen LogP contribution in [0.1, 0.15) is 62.7 Å². The number of nitrogens with two attached hydrogens (primary N) is 1. The molecule has 3 fully saturated rings. The molecule has 2 amide bonds. The molecule has 2 aliphatic carbocycles. The van der Waals surface area contributed by atoms with Crippen molar-refractivity contribution in [1.82, 2.24) is 9.62 Å². The highest BCUT2D eigenvalue weighted by molar-refractivity contribution is 7.89. The molecule has 2 bridgehead atoms. The molecule has 1 saturated heterocycles. The van der Waals surface area contributed by atoms with Crippen molar-refractivity contribution in [2.24, 2.45) is 23.5 Å². The van der Waals surface area contributed by atoms with Crippen molar-refractivity contribution in [1.29, 1.82) is 0 Å². The first kappa shape index (κ1) is 23.0. The zero-order valence-electron chi connectivity index (χ0n) is 18.7. The Kier molecular flexibility index (Phi) is 6.49. The number of fused-ring (bicyclic) bond motifs is 2. The lowest BCUT2D eigenvalue weighted by Gasteiger charge is -2.29. The molecule has 176 valence electrons. The van der Waals surface area contributed by atoms with Gasteiger partial charge in [-0.15, -0.1) is 0 Å². The Hall–Kier alpha value is -2.13. The van der Waals surface area contributed by atoms with E-state index in [1.807, 2.05) is 6.92 Å². The van der Waals surface area contributed by atoms with Crippen LogP contribution in [0.5, 0.6) is 5.75 Å². The summed E-state index contributed by atoms with van der Waals surface area (Å²) >= 11 is 0. The molecular formula is C23H33N3O5S. The molecule has 1 aromatic rings. The quantitative estimate of drug-likeness (QED) is 0.613. The van der Waals surface area contributed by atoms with Crippen LogP contribution in [0.3, 0.4) is 0 Å². The molecule has 32 heavy (non-hydrogen) atoms. The summed E-state index contributed by atoms with van der Waals surface area (Å²) < 4.78 is 32.8. The highest BCUT2D eigenvalue weighted by atomic mass is 32.2. The summed E-state index contributed by atoms with van der Waals surface area (Å²) in [6, 6.07) is 4.12. The summed E-state index contributed by atoms with van der Waals surface area (Å²) in [6.07, 6.45) is 5.77. The predicted octanol–water partition coefficient (Wildman–Crippen LogP) is 2.28. The number of nitrogens with zero attached hydrogens (tertiary/aromatic N) is 1. The van der Waals surface area contributed by atoms with E-state index in [1.165, 1.54) is 48.2 Å². The van der Waals surface area contributed by atoms with Crippen molar-refractivity contribution in [2.75, 3.05) is 13.1 Å². The number of primary amides is 1. The normalized spacial score (nSPS) is 27.2. The molecule has 0 unspecified atom stereocenters. The van der Waals surface area contributed by atoms with Gasteiger partial charge in [-0.25, -0.2) is 8.42 Å². The fraction of sp³-hybridized carbons (Fsp3) is 0.652. The smallest absolute Gasteiger partial charge is 0.260 e. The average Bonchev–Trinajstić information content (AvgIpc) is 3.51. The zero-order valence-corrected chi connectivity index (χ0v) is 19.6. The summed E-state index contributed by atoms with van der Waals surface area (Å²) in [5.41, 5.74) is 5.45. The summed E-state index contributed by atoms with van der Waals surface area (Å²) in [7, 11) is -3.70. The SMILES string of the molecule is C[C@H](Oc1ccc(S(=O)(=O)N2CCCC2)cc1C(N)=O)C(=O)N[C@H](C)[C@@H]1C[C@@H]2CC[C@@H]1C2. The summed E-state index contributed by atoms with van der Waals surface area (Å²) in [6.45, 7) is 4.58. The number of carbonyl (C=O) groups is 2. The molecule has 8 nitrogen and oxygen atoms in total. The lowest BCUT2D eigenvalue weighted by atomic mass is 9.84. The van der Waals surface area contributed by atoms with Crippen molar-refractivity contribution in [3.63, 3.8) is 0 Å². The van der Waals surface area contributed by atoms with Gasteiger partial charge < -0.3 is 15.8 Å². The lowest BCUT2D eigenvalue weighted by Crippen LogP contribution is -2.45. The Morgan fingerprint density at radius 2 is 1.88 bits per heavy atom. The van der Waals surface area contributed by atoms with Gasteiger partial charge in [0.25, 0.3) is 11.8 Å². The first-order valence-corrected chi connectivity index (χ1v) is 13.0. The van der Waals surface area contributed by atoms with Crippen LogP contribution in [0, 0.1) is 17.8 Å². The third kappa shape index (κ3) is 4.50. The Bertz CT molecular complexity index is 989. The zero-order chi connectivity index (χ0) is 23.0. The van der Waals surface area contributed by atoms with Crippen molar-refractivity contribution in [2.45, 2.75) is 69.4 Å². The molecule has 0 spiro atoms. The van der Waals surface area contributed by atoms with Gasteiger partial charge in [-0.1, -0.05) is 6.42 Å². The van der Waals surface area contributed by atoms with E-state index >= 15 is 0 Å². The molecule has 0 radical (unpaired) electrons. The van der Waals surface area contributed by atoms with E-state index in [2.05, 4.69) is 5.32 Å². The summed E-state index contributed by atoms with van der Waals surface area (Å²) in [5, 5.41) is 3.07. The van der Waals surface area contributed by atoms with E-state index < -0.39 is 22.0 Å². The van der Waals surface area contributed by atoms with Crippen molar-refractivity contribution in [3.05, 3.63) is 23.8 Å². The van der Waals surface area contributed by atoms with E-state index in [1.54, 1.807) is 6.92 Å². The van der Waals surface area contributed by atoms with Crippen LogP contribution in [-0.2, 0) is 14.8 Å². The minimum absolute atomic E-state index is 0.00237. The van der Waals surface area contributed by atoms with Gasteiger partial charge in [-0.3, -0.25) is 9.59 Å². The molecule has 2 saturated carbocycles. The molecule has 5 atom stereocenters. The fourth-order valence-electron chi connectivity index (χ4n) is 5.64. The Labute approximate surface area is 189 Å².